The smallest absolute Gasteiger partial charge is 0.251 e. The Kier molecular flexibility index (Phi) is 3.96. The van der Waals surface area contributed by atoms with Crippen LogP contribution in [0.15, 0.2) is 67.3 Å². The zero-order valence-electron chi connectivity index (χ0n) is 12.2. The molecule has 0 radical (unpaired) electrons. The van der Waals surface area contributed by atoms with E-state index < -0.39 is 0 Å². The molecule has 5 nitrogen and oxygen atoms in total. The van der Waals surface area contributed by atoms with Crippen molar-refractivity contribution in [1.82, 2.24) is 20.1 Å². The largest absolute Gasteiger partial charge is 0.346 e. The number of nitrogens with one attached hydrogen (secondary N) is 1. The Hall–Kier alpha value is -2.95. The third-order valence-electron chi connectivity index (χ3n) is 3.46. The highest BCUT2D eigenvalue weighted by atomic mass is 16.1. The highest BCUT2D eigenvalue weighted by Gasteiger charge is 2.11. The number of rotatable bonds is 4. The van der Waals surface area contributed by atoms with Crippen molar-refractivity contribution in [3.05, 3.63) is 78.4 Å². The lowest BCUT2D eigenvalue weighted by molar-refractivity contribution is 0.0940. The van der Waals surface area contributed by atoms with Gasteiger partial charge in [0.15, 0.2) is 0 Å². The molecule has 1 N–H and O–H groups in total. The molecule has 0 unspecified atom stereocenters. The van der Waals surface area contributed by atoms with Gasteiger partial charge in [-0.2, -0.15) is 5.10 Å². The van der Waals surface area contributed by atoms with Gasteiger partial charge in [-0.1, -0.05) is 30.3 Å². The molecule has 1 atom stereocenters. The Labute approximate surface area is 128 Å². The maximum atomic E-state index is 12.1. The summed E-state index contributed by atoms with van der Waals surface area (Å²) in [5.74, 6) is -0.0755. The number of carbonyl (C=O) groups excluding carboxylic acids is 1. The van der Waals surface area contributed by atoms with Crippen LogP contribution in [0.2, 0.25) is 0 Å². The molecule has 3 rings (SSSR count). The second-order valence-electron chi connectivity index (χ2n) is 4.99. The van der Waals surface area contributed by atoms with Gasteiger partial charge < -0.3 is 5.32 Å². The van der Waals surface area contributed by atoms with Gasteiger partial charge in [-0.15, -0.1) is 0 Å². The van der Waals surface area contributed by atoms with Crippen LogP contribution in [0, 0.1) is 0 Å². The molecule has 0 fully saturated rings. The van der Waals surface area contributed by atoms with Gasteiger partial charge in [0.2, 0.25) is 0 Å². The minimum absolute atomic E-state index is 0.0718. The molecule has 5 heteroatoms. The Morgan fingerprint density at radius 2 is 1.82 bits per heavy atom. The third kappa shape index (κ3) is 3.03. The van der Waals surface area contributed by atoms with E-state index in [0.29, 0.717) is 5.56 Å². The normalized spacial score (nSPS) is 11.9. The fourth-order valence-electron chi connectivity index (χ4n) is 2.21. The van der Waals surface area contributed by atoms with Crippen LogP contribution in [0.5, 0.6) is 0 Å². The van der Waals surface area contributed by atoms with E-state index in [1.54, 1.807) is 23.1 Å². The lowest BCUT2D eigenvalue weighted by Gasteiger charge is -2.15. The summed E-state index contributed by atoms with van der Waals surface area (Å²) in [6.45, 7) is 1.96. The van der Waals surface area contributed by atoms with E-state index in [2.05, 4.69) is 15.4 Å². The van der Waals surface area contributed by atoms with Crippen LogP contribution < -0.4 is 5.32 Å². The van der Waals surface area contributed by atoms with Crippen LogP contribution in [0.3, 0.4) is 0 Å². The highest BCUT2D eigenvalue weighted by molar-refractivity contribution is 5.94. The predicted octanol–water partition coefficient (Wildman–Crippen LogP) is 2.76. The summed E-state index contributed by atoms with van der Waals surface area (Å²) < 4.78 is 1.69. The molecular formula is C17H16N4O. The number of hydrogen-bond acceptors (Lipinski definition) is 3. The number of nitrogens with zero attached hydrogens (tertiary/aromatic N) is 3. The lowest BCUT2D eigenvalue weighted by atomic mass is 10.1. The molecule has 3 aromatic rings. The highest BCUT2D eigenvalue weighted by Crippen LogP contribution is 2.15. The van der Waals surface area contributed by atoms with Gasteiger partial charge in [0.05, 0.1) is 11.7 Å². The van der Waals surface area contributed by atoms with Gasteiger partial charge in [-0.05, 0) is 36.8 Å². The summed E-state index contributed by atoms with van der Waals surface area (Å²) in [4.78, 5) is 16.1. The van der Waals surface area contributed by atoms with Crippen LogP contribution in [-0.2, 0) is 0 Å². The van der Waals surface area contributed by atoms with Crippen LogP contribution in [0.1, 0.15) is 28.9 Å². The molecule has 1 heterocycles. The second kappa shape index (κ2) is 6.22. The fraction of sp³-hybridized carbons (Fsp3) is 0.118. The van der Waals surface area contributed by atoms with Crippen molar-refractivity contribution in [1.29, 1.82) is 0 Å². The Bertz CT molecular complexity index is 736. The first-order valence-electron chi connectivity index (χ1n) is 7.05. The molecule has 1 aromatic heterocycles. The number of aromatic nitrogens is 3. The molecule has 1 amide bonds. The van der Waals surface area contributed by atoms with Crippen molar-refractivity contribution in [2.24, 2.45) is 0 Å². The van der Waals surface area contributed by atoms with Crippen molar-refractivity contribution in [2.45, 2.75) is 13.0 Å². The minimum Gasteiger partial charge on any atom is -0.346 e. The Morgan fingerprint density at radius 3 is 2.45 bits per heavy atom. The molecule has 0 aliphatic rings. The van der Waals surface area contributed by atoms with Gasteiger partial charge in [-0.3, -0.25) is 4.79 Å². The number of benzene rings is 2. The first kappa shape index (κ1) is 14.0. The van der Waals surface area contributed by atoms with Crippen molar-refractivity contribution >= 4 is 5.91 Å². The van der Waals surface area contributed by atoms with Crippen LogP contribution in [0.25, 0.3) is 5.69 Å². The average molecular weight is 292 g/mol. The number of hydrogen-bond donors (Lipinski definition) is 1. The summed E-state index contributed by atoms with van der Waals surface area (Å²) in [7, 11) is 0. The third-order valence-corrected chi connectivity index (χ3v) is 3.46. The second-order valence-corrected chi connectivity index (χ2v) is 4.99. The monoisotopic (exact) mass is 292 g/mol. The van der Waals surface area contributed by atoms with E-state index in [4.69, 9.17) is 0 Å². The first-order valence-corrected chi connectivity index (χ1v) is 7.05. The maximum Gasteiger partial charge on any atom is 0.251 e. The topological polar surface area (TPSA) is 59.8 Å². The molecular weight excluding hydrogens is 276 g/mol. The lowest BCUT2D eigenvalue weighted by Crippen LogP contribution is -2.26. The van der Waals surface area contributed by atoms with Gasteiger partial charge in [0, 0.05) is 5.56 Å². The SMILES string of the molecule is C[C@H](NC(=O)c1ccccc1)c1ccc(-n2cncn2)cc1. The van der Waals surface area contributed by atoms with Crippen molar-refractivity contribution in [3.63, 3.8) is 0 Å². The fourth-order valence-corrected chi connectivity index (χ4v) is 2.21. The summed E-state index contributed by atoms with van der Waals surface area (Å²) in [6.07, 6.45) is 3.15. The zero-order valence-corrected chi connectivity index (χ0v) is 12.2. The zero-order chi connectivity index (χ0) is 15.4. The van der Waals surface area contributed by atoms with E-state index in [-0.39, 0.29) is 11.9 Å². The minimum atomic E-state index is -0.0755. The number of amides is 1. The first-order chi connectivity index (χ1) is 10.7. The predicted molar refractivity (Wildman–Crippen MR) is 83.7 cm³/mol. The molecule has 0 saturated heterocycles. The quantitative estimate of drug-likeness (QED) is 0.804. The van der Waals surface area contributed by atoms with Gasteiger partial charge in [0.1, 0.15) is 12.7 Å². The van der Waals surface area contributed by atoms with Crippen LogP contribution in [-0.4, -0.2) is 20.7 Å². The molecule has 0 saturated carbocycles. The molecule has 22 heavy (non-hydrogen) atoms. The van der Waals surface area contributed by atoms with E-state index in [9.17, 15) is 4.79 Å². The summed E-state index contributed by atoms with van der Waals surface area (Å²) in [5.41, 5.74) is 2.63. The summed E-state index contributed by atoms with van der Waals surface area (Å²) in [6, 6.07) is 17.0. The Morgan fingerprint density at radius 1 is 1.09 bits per heavy atom. The van der Waals surface area contributed by atoms with E-state index >= 15 is 0 Å². The molecule has 0 spiro atoms. The van der Waals surface area contributed by atoms with Crippen molar-refractivity contribution < 1.29 is 4.79 Å². The molecule has 0 bridgehead atoms. The maximum absolute atomic E-state index is 12.1. The van der Waals surface area contributed by atoms with Crippen molar-refractivity contribution in [3.8, 4) is 5.69 Å². The van der Waals surface area contributed by atoms with E-state index in [0.717, 1.165) is 11.3 Å². The molecule has 0 aliphatic heterocycles. The number of carbonyl (C=O) groups is 1. The van der Waals surface area contributed by atoms with Gasteiger partial charge >= 0.3 is 0 Å². The van der Waals surface area contributed by atoms with Crippen molar-refractivity contribution in [2.75, 3.05) is 0 Å². The molecule has 2 aromatic carbocycles. The summed E-state index contributed by atoms with van der Waals surface area (Å²) in [5, 5.41) is 7.08. The average Bonchev–Trinajstić information content (AvgIpc) is 3.10. The van der Waals surface area contributed by atoms with E-state index in [1.165, 1.54) is 6.33 Å². The van der Waals surface area contributed by atoms with E-state index in [1.807, 2.05) is 49.4 Å². The van der Waals surface area contributed by atoms with Gasteiger partial charge in [0.25, 0.3) is 5.91 Å². The van der Waals surface area contributed by atoms with Crippen LogP contribution in [0.4, 0.5) is 0 Å². The van der Waals surface area contributed by atoms with Crippen LogP contribution >= 0.6 is 0 Å². The molecule has 0 aliphatic carbocycles. The molecule has 110 valence electrons. The standard InChI is InChI=1S/C17H16N4O/c1-13(20-17(22)15-5-3-2-4-6-15)14-7-9-16(10-8-14)21-12-18-11-19-21/h2-13H,1H3,(H,20,22)/t13-/m0/s1. The Balaban J connectivity index is 1.70. The summed E-state index contributed by atoms with van der Waals surface area (Å²) >= 11 is 0. The van der Waals surface area contributed by atoms with Gasteiger partial charge in [-0.25, -0.2) is 9.67 Å².